The second kappa shape index (κ2) is 6.48. The zero-order chi connectivity index (χ0) is 14.5. The van der Waals surface area contributed by atoms with E-state index in [0.717, 1.165) is 17.8 Å². The first-order chi connectivity index (χ1) is 9.52. The van der Waals surface area contributed by atoms with Gasteiger partial charge < -0.3 is 10.1 Å². The fourth-order valence-electron chi connectivity index (χ4n) is 1.81. The third kappa shape index (κ3) is 4.31. The van der Waals surface area contributed by atoms with Crippen LogP contribution >= 0.6 is 0 Å². The van der Waals surface area contributed by atoms with Crippen molar-refractivity contribution in [2.45, 2.75) is 33.4 Å². The zero-order valence-electron chi connectivity index (χ0n) is 12.0. The van der Waals surface area contributed by atoms with Crippen molar-refractivity contribution in [2.75, 3.05) is 0 Å². The van der Waals surface area contributed by atoms with Gasteiger partial charge in [0, 0.05) is 24.3 Å². The third-order valence-corrected chi connectivity index (χ3v) is 2.74. The van der Waals surface area contributed by atoms with Crippen molar-refractivity contribution >= 4 is 0 Å². The summed E-state index contributed by atoms with van der Waals surface area (Å²) in [7, 11) is 0. The topological polar surface area (TPSA) is 34.1 Å². The largest absolute Gasteiger partial charge is 0.439 e. The van der Waals surface area contributed by atoms with Gasteiger partial charge >= 0.3 is 0 Å². The van der Waals surface area contributed by atoms with Gasteiger partial charge in [-0.3, -0.25) is 0 Å². The summed E-state index contributed by atoms with van der Waals surface area (Å²) in [5, 5.41) is 3.35. The number of halogens is 1. The highest BCUT2D eigenvalue weighted by Gasteiger charge is 2.04. The minimum Gasteiger partial charge on any atom is -0.439 e. The van der Waals surface area contributed by atoms with Crippen LogP contribution in [-0.2, 0) is 6.54 Å². The van der Waals surface area contributed by atoms with Crippen LogP contribution in [0.1, 0.15) is 25.1 Å². The number of hydrogen-bond acceptors (Lipinski definition) is 3. The Labute approximate surface area is 118 Å². The molecule has 0 saturated heterocycles. The van der Waals surface area contributed by atoms with E-state index >= 15 is 0 Å². The number of rotatable bonds is 5. The monoisotopic (exact) mass is 274 g/mol. The van der Waals surface area contributed by atoms with Crippen LogP contribution in [0.15, 0.2) is 36.4 Å². The molecule has 2 aromatic rings. The van der Waals surface area contributed by atoms with Crippen LogP contribution in [0.3, 0.4) is 0 Å². The lowest BCUT2D eigenvalue weighted by atomic mass is 10.2. The maximum absolute atomic E-state index is 12.9. The van der Waals surface area contributed by atoms with E-state index in [2.05, 4.69) is 24.1 Å². The molecule has 1 aromatic carbocycles. The van der Waals surface area contributed by atoms with Crippen molar-refractivity contribution in [3.63, 3.8) is 0 Å². The summed E-state index contributed by atoms with van der Waals surface area (Å²) in [6.07, 6.45) is 0. The summed E-state index contributed by atoms with van der Waals surface area (Å²) in [5.74, 6) is 0.820. The first kappa shape index (κ1) is 14.5. The third-order valence-electron chi connectivity index (χ3n) is 2.74. The molecule has 2 rings (SSSR count). The van der Waals surface area contributed by atoms with Gasteiger partial charge in [0.15, 0.2) is 0 Å². The number of nitrogens with one attached hydrogen (secondary N) is 1. The smallest absolute Gasteiger partial charge is 0.219 e. The fraction of sp³-hybridized carbons (Fsp3) is 0.312. The van der Waals surface area contributed by atoms with E-state index < -0.39 is 0 Å². The Hall–Kier alpha value is -1.94. The van der Waals surface area contributed by atoms with E-state index in [-0.39, 0.29) is 5.82 Å². The lowest BCUT2D eigenvalue weighted by molar-refractivity contribution is 0.458. The second-order valence-corrected chi connectivity index (χ2v) is 5.05. The van der Waals surface area contributed by atoms with Crippen LogP contribution in [0, 0.1) is 12.7 Å². The molecule has 0 saturated carbocycles. The van der Waals surface area contributed by atoms with Crippen LogP contribution in [-0.4, -0.2) is 11.0 Å². The molecule has 1 N–H and O–H groups in total. The molecular weight excluding hydrogens is 255 g/mol. The Morgan fingerprint density at radius 2 is 1.90 bits per heavy atom. The summed E-state index contributed by atoms with van der Waals surface area (Å²) in [5.41, 5.74) is 2.01. The number of aromatic nitrogens is 1. The van der Waals surface area contributed by atoms with E-state index in [9.17, 15) is 4.39 Å². The van der Waals surface area contributed by atoms with Crippen LogP contribution in [0.25, 0.3) is 0 Å². The van der Waals surface area contributed by atoms with Crippen LogP contribution in [0.5, 0.6) is 11.6 Å². The van der Waals surface area contributed by atoms with Crippen molar-refractivity contribution in [3.8, 4) is 11.6 Å². The number of ether oxygens (including phenoxy) is 1. The zero-order valence-corrected chi connectivity index (χ0v) is 12.0. The molecule has 0 fully saturated rings. The molecule has 3 nitrogen and oxygen atoms in total. The van der Waals surface area contributed by atoms with Crippen LogP contribution in [0.4, 0.5) is 4.39 Å². The number of pyridine rings is 1. The van der Waals surface area contributed by atoms with Crippen molar-refractivity contribution in [2.24, 2.45) is 0 Å². The van der Waals surface area contributed by atoms with Gasteiger partial charge in [0.05, 0.1) is 0 Å². The molecule has 0 spiro atoms. The van der Waals surface area contributed by atoms with Gasteiger partial charge in [0.1, 0.15) is 11.6 Å². The summed E-state index contributed by atoms with van der Waals surface area (Å²) in [4.78, 5) is 4.33. The molecule has 4 heteroatoms. The van der Waals surface area contributed by atoms with E-state index in [4.69, 9.17) is 4.74 Å². The number of aryl methyl sites for hydroxylation is 1. The van der Waals surface area contributed by atoms with E-state index in [1.807, 2.05) is 19.1 Å². The lowest BCUT2D eigenvalue weighted by Crippen LogP contribution is -2.21. The quantitative estimate of drug-likeness (QED) is 0.900. The Bertz CT molecular complexity index is 567. The molecule has 0 bridgehead atoms. The molecule has 0 radical (unpaired) electrons. The molecule has 0 atom stereocenters. The van der Waals surface area contributed by atoms with Gasteiger partial charge in [-0.2, -0.15) is 0 Å². The highest BCUT2D eigenvalue weighted by molar-refractivity contribution is 5.30. The van der Waals surface area contributed by atoms with Crippen molar-refractivity contribution < 1.29 is 9.13 Å². The van der Waals surface area contributed by atoms with E-state index in [1.165, 1.54) is 12.1 Å². The van der Waals surface area contributed by atoms with Gasteiger partial charge in [0.25, 0.3) is 0 Å². The van der Waals surface area contributed by atoms with Gasteiger partial charge in [-0.25, -0.2) is 9.37 Å². The van der Waals surface area contributed by atoms with Crippen molar-refractivity contribution in [3.05, 3.63) is 53.5 Å². The lowest BCUT2D eigenvalue weighted by Gasteiger charge is -2.11. The minimum atomic E-state index is -0.281. The highest BCUT2D eigenvalue weighted by atomic mass is 19.1. The van der Waals surface area contributed by atoms with E-state index in [0.29, 0.717) is 17.7 Å². The van der Waals surface area contributed by atoms with Gasteiger partial charge in [-0.05, 0) is 42.8 Å². The van der Waals surface area contributed by atoms with Crippen molar-refractivity contribution in [1.82, 2.24) is 10.3 Å². The van der Waals surface area contributed by atoms with Gasteiger partial charge in [0.2, 0.25) is 5.88 Å². The number of hydrogen-bond donors (Lipinski definition) is 1. The molecule has 106 valence electrons. The summed E-state index contributed by atoms with van der Waals surface area (Å²) in [6, 6.07) is 10.2. The average molecular weight is 274 g/mol. The molecule has 0 aliphatic heterocycles. The minimum absolute atomic E-state index is 0.281. The van der Waals surface area contributed by atoms with Gasteiger partial charge in [-0.15, -0.1) is 0 Å². The van der Waals surface area contributed by atoms with Gasteiger partial charge in [-0.1, -0.05) is 13.8 Å². The number of benzene rings is 1. The molecular formula is C16H19FN2O. The highest BCUT2D eigenvalue weighted by Crippen LogP contribution is 2.21. The standard InChI is InChI=1S/C16H19FN2O/c1-11(2)18-10-13-8-12(3)19-16(9-13)20-15-6-4-14(17)5-7-15/h4-9,11,18H,10H2,1-3H3. The molecule has 1 heterocycles. The predicted octanol–water partition coefficient (Wildman–Crippen LogP) is 3.82. The summed E-state index contributed by atoms with van der Waals surface area (Å²) < 4.78 is 18.5. The normalized spacial score (nSPS) is 10.8. The summed E-state index contributed by atoms with van der Waals surface area (Å²) in [6.45, 7) is 6.89. The summed E-state index contributed by atoms with van der Waals surface area (Å²) >= 11 is 0. The Morgan fingerprint density at radius 1 is 1.20 bits per heavy atom. The van der Waals surface area contributed by atoms with Crippen LogP contribution in [0.2, 0.25) is 0 Å². The number of nitrogens with zero attached hydrogens (tertiary/aromatic N) is 1. The van der Waals surface area contributed by atoms with Crippen molar-refractivity contribution in [1.29, 1.82) is 0 Å². The molecule has 0 aliphatic carbocycles. The first-order valence-corrected chi connectivity index (χ1v) is 6.67. The molecule has 1 aromatic heterocycles. The first-order valence-electron chi connectivity index (χ1n) is 6.67. The molecule has 0 amide bonds. The maximum Gasteiger partial charge on any atom is 0.219 e. The second-order valence-electron chi connectivity index (χ2n) is 5.05. The Balaban J connectivity index is 2.13. The average Bonchev–Trinajstić information content (AvgIpc) is 2.38. The maximum atomic E-state index is 12.9. The molecule has 20 heavy (non-hydrogen) atoms. The fourth-order valence-corrected chi connectivity index (χ4v) is 1.81. The SMILES string of the molecule is Cc1cc(CNC(C)C)cc(Oc2ccc(F)cc2)n1. The van der Waals surface area contributed by atoms with E-state index in [1.54, 1.807) is 12.1 Å². The Morgan fingerprint density at radius 3 is 2.55 bits per heavy atom. The Kier molecular flexibility index (Phi) is 4.69. The molecule has 0 unspecified atom stereocenters. The van der Waals surface area contributed by atoms with Crippen LogP contribution < -0.4 is 10.1 Å². The molecule has 0 aliphatic rings. The predicted molar refractivity (Wildman–Crippen MR) is 77.4 cm³/mol.